The van der Waals surface area contributed by atoms with Crippen molar-refractivity contribution < 1.29 is 14.6 Å². The molecule has 1 aliphatic rings. The van der Waals surface area contributed by atoms with Crippen molar-refractivity contribution in [1.82, 2.24) is 5.32 Å². The van der Waals surface area contributed by atoms with Gasteiger partial charge in [0, 0.05) is 17.5 Å². The molecule has 1 amide bonds. The second-order valence-electron chi connectivity index (χ2n) is 4.80. The fourth-order valence-electron chi connectivity index (χ4n) is 1.79. The van der Waals surface area contributed by atoms with Crippen LogP contribution >= 0.6 is 0 Å². The van der Waals surface area contributed by atoms with E-state index in [0.717, 1.165) is 12.8 Å². The van der Waals surface area contributed by atoms with E-state index in [4.69, 9.17) is 10.5 Å². The Morgan fingerprint density at radius 2 is 2.28 bits per heavy atom. The summed E-state index contributed by atoms with van der Waals surface area (Å²) in [6, 6.07) is 4.92. The van der Waals surface area contributed by atoms with E-state index in [2.05, 4.69) is 5.32 Å². The van der Waals surface area contributed by atoms with Crippen LogP contribution in [0, 0.1) is 5.41 Å². The molecule has 1 fully saturated rings. The molecular weight excluding hydrogens is 232 g/mol. The van der Waals surface area contributed by atoms with Gasteiger partial charge in [-0.3, -0.25) is 4.79 Å². The van der Waals surface area contributed by atoms with Gasteiger partial charge in [-0.1, -0.05) is 0 Å². The fourth-order valence-corrected chi connectivity index (χ4v) is 1.79. The first-order chi connectivity index (χ1) is 8.60. The van der Waals surface area contributed by atoms with Gasteiger partial charge in [-0.15, -0.1) is 0 Å². The molecule has 5 nitrogen and oxygen atoms in total. The van der Waals surface area contributed by atoms with Crippen molar-refractivity contribution in [3.8, 4) is 5.75 Å². The summed E-state index contributed by atoms with van der Waals surface area (Å²) in [7, 11) is 1.51. The zero-order chi connectivity index (χ0) is 13.2. The van der Waals surface area contributed by atoms with Gasteiger partial charge in [0.05, 0.1) is 19.4 Å². The smallest absolute Gasteiger partial charge is 0.251 e. The molecule has 0 heterocycles. The van der Waals surface area contributed by atoms with E-state index in [0.29, 0.717) is 23.5 Å². The number of carbonyl (C=O) groups is 1. The van der Waals surface area contributed by atoms with Crippen LogP contribution in [-0.4, -0.2) is 31.3 Å². The molecule has 0 saturated heterocycles. The number of methoxy groups -OCH3 is 1. The number of nitrogens with one attached hydrogen (secondary N) is 1. The number of nitrogens with two attached hydrogens (primary N) is 1. The van der Waals surface area contributed by atoms with Crippen molar-refractivity contribution in [2.24, 2.45) is 5.41 Å². The van der Waals surface area contributed by atoms with Crippen LogP contribution in [0.3, 0.4) is 0 Å². The van der Waals surface area contributed by atoms with E-state index in [1.54, 1.807) is 18.2 Å². The SMILES string of the molecule is COc1cc(C(=O)NCC2(CO)CC2)ccc1N. The predicted octanol–water partition coefficient (Wildman–Crippen LogP) is 0.780. The molecule has 2 rings (SSSR count). The molecule has 1 aliphatic carbocycles. The van der Waals surface area contributed by atoms with Gasteiger partial charge in [0.25, 0.3) is 5.91 Å². The number of aliphatic hydroxyl groups excluding tert-OH is 1. The Bertz CT molecular complexity index is 456. The minimum Gasteiger partial charge on any atom is -0.495 e. The minimum absolute atomic E-state index is 0.0897. The van der Waals surface area contributed by atoms with Gasteiger partial charge >= 0.3 is 0 Å². The number of hydrogen-bond acceptors (Lipinski definition) is 4. The van der Waals surface area contributed by atoms with Crippen LogP contribution < -0.4 is 15.8 Å². The lowest BCUT2D eigenvalue weighted by Crippen LogP contribution is -2.31. The summed E-state index contributed by atoms with van der Waals surface area (Å²) in [5, 5.41) is 12.0. The molecule has 5 heteroatoms. The highest BCUT2D eigenvalue weighted by molar-refractivity contribution is 5.95. The maximum atomic E-state index is 11.9. The average Bonchev–Trinajstić information content (AvgIpc) is 3.17. The first-order valence-electron chi connectivity index (χ1n) is 5.93. The Kier molecular flexibility index (Phi) is 3.43. The summed E-state index contributed by atoms with van der Waals surface area (Å²) in [4.78, 5) is 11.9. The molecule has 0 unspecified atom stereocenters. The fraction of sp³-hybridized carbons (Fsp3) is 0.462. The van der Waals surface area contributed by atoms with Crippen molar-refractivity contribution in [2.75, 3.05) is 26.0 Å². The van der Waals surface area contributed by atoms with E-state index in [1.165, 1.54) is 7.11 Å². The maximum Gasteiger partial charge on any atom is 0.251 e. The lowest BCUT2D eigenvalue weighted by molar-refractivity contribution is 0.0935. The summed E-state index contributed by atoms with van der Waals surface area (Å²) < 4.78 is 5.07. The highest BCUT2D eigenvalue weighted by Gasteiger charge is 2.42. The van der Waals surface area contributed by atoms with Gasteiger partial charge in [-0.25, -0.2) is 0 Å². The second-order valence-corrected chi connectivity index (χ2v) is 4.80. The number of anilines is 1. The van der Waals surface area contributed by atoms with Gasteiger partial charge in [-0.2, -0.15) is 0 Å². The highest BCUT2D eigenvalue weighted by Crippen LogP contribution is 2.44. The van der Waals surface area contributed by atoms with E-state index in [-0.39, 0.29) is 17.9 Å². The van der Waals surface area contributed by atoms with E-state index < -0.39 is 0 Å². The average molecular weight is 250 g/mol. The quantitative estimate of drug-likeness (QED) is 0.674. The molecule has 0 atom stereocenters. The summed E-state index contributed by atoms with van der Waals surface area (Å²) in [6.07, 6.45) is 1.93. The first kappa shape index (κ1) is 12.7. The maximum absolute atomic E-state index is 11.9. The minimum atomic E-state index is -0.173. The third-order valence-electron chi connectivity index (χ3n) is 3.41. The van der Waals surface area contributed by atoms with Crippen molar-refractivity contribution in [3.63, 3.8) is 0 Å². The second kappa shape index (κ2) is 4.86. The van der Waals surface area contributed by atoms with Crippen LogP contribution in [0.15, 0.2) is 18.2 Å². The molecule has 1 saturated carbocycles. The predicted molar refractivity (Wildman–Crippen MR) is 68.5 cm³/mol. The summed E-state index contributed by atoms with van der Waals surface area (Å²) in [5.41, 5.74) is 6.61. The largest absolute Gasteiger partial charge is 0.495 e. The van der Waals surface area contributed by atoms with Crippen LogP contribution in [0.4, 0.5) is 5.69 Å². The molecule has 0 bridgehead atoms. The summed E-state index contributed by atoms with van der Waals surface area (Å²) in [6.45, 7) is 0.632. The number of carbonyl (C=O) groups excluding carboxylic acids is 1. The molecule has 1 aromatic carbocycles. The van der Waals surface area contributed by atoms with Crippen LogP contribution in [0.5, 0.6) is 5.75 Å². The molecule has 1 aromatic rings. The van der Waals surface area contributed by atoms with Gasteiger partial charge in [0.2, 0.25) is 0 Å². The first-order valence-corrected chi connectivity index (χ1v) is 5.93. The number of nitrogen functional groups attached to an aromatic ring is 1. The molecular formula is C13H18N2O3. The van der Waals surface area contributed by atoms with E-state index in [1.807, 2.05) is 0 Å². The third-order valence-corrected chi connectivity index (χ3v) is 3.41. The van der Waals surface area contributed by atoms with Gasteiger partial charge < -0.3 is 20.9 Å². The van der Waals surface area contributed by atoms with Crippen LogP contribution in [-0.2, 0) is 0 Å². The number of hydrogen-bond donors (Lipinski definition) is 3. The standard InChI is InChI=1S/C13H18N2O3/c1-18-11-6-9(2-3-10(11)14)12(17)15-7-13(8-16)4-5-13/h2-3,6,16H,4-5,7-8,14H2,1H3,(H,15,17). The molecule has 0 aromatic heterocycles. The van der Waals surface area contributed by atoms with Gasteiger partial charge in [-0.05, 0) is 31.0 Å². The van der Waals surface area contributed by atoms with Crippen molar-refractivity contribution in [1.29, 1.82) is 0 Å². The Balaban J connectivity index is 2.00. The number of benzene rings is 1. The molecule has 4 N–H and O–H groups in total. The zero-order valence-corrected chi connectivity index (χ0v) is 10.4. The van der Waals surface area contributed by atoms with Crippen LogP contribution in [0.25, 0.3) is 0 Å². The molecule has 18 heavy (non-hydrogen) atoms. The zero-order valence-electron chi connectivity index (χ0n) is 10.4. The molecule has 98 valence electrons. The molecule has 0 aliphatic heterocycles. The Labute approximate surface area is 106 Å². The number of rotatable bonds is 5. The third kappa shape index (κ3) is 2.56. The highest BCUT2D eigenvalue weighted by atomic mass is 16.5. The monoisotopic (exact) mass is 250 g/mol. The van der Waals surface area contributed by atoms with E-state index >= 15 is 0 Å². The van der Waals surface area contributed by atoms with Gasteiger partial charge in [0.1, 0.15) is 5.75 Å². The number of ether oxygens (including phenoxy) is 1. The Morgan fingerprint density at radius 1 is 1.56 bits per heavy atom. The van der Waals surface area contributed by atoms with Crippen molar-refractivity contribution in [3.05, 3.63) is 23.8 Å². The Morgan fingerprint density at radius 3 is 2.83 bits per heavy atom. The van der Waals surface area contributed by atoms with E-state index in [9.17, 15) is 9.90 Å². The number of amides is 1. The van der Waals surface area contributed by atoms with Crippen molar-refractivity contribution >= 4 is 11.6 Å². The summed E-state index contributed by atoms with van der Waals surface area (Å²) >= 11 is 0. The lowest BCUT2D eigenvalue weighted by atomic mass is 10.1. The van der Waals surface area contributed by atoms with Gasteiger partial charge in [0.15, 0.2) is 0 Å². The van der Waals surface area contributed by atoms with Crippen molar-refractivity contribution in [2.45, 2.75) is 12.8 Å². The topological polar surface area (TPSA) is 84.6 Å². The molecule has 0 spiro atoms. The Hall–Kier alpha value is -1.75. The number of aliphatic hydroxyl groups is 1. The lowest BCUT2D eigenvalue weighted by Gasteiger charge is -2.13. The van der Waals surface area contributed by atoms with Crippen LogP contribution in [0.1, 0.15) is 23.2 Å². The normalized spacial score (nSPS) is 16.1. The molecule has 0 radical (unpaired) electrons. The van der Waals surface area contributed by atoms with Crippen LogP contribution in [0.2, 0.25) is 0 Å². The summed E-state index contributed by atoms with van der Waals surface area (Å²) in [5.74, 6) is 0.318.